The van der Waals surface area contributed by atoms with E-state index in [2.05, 4.69) is 15.5 Å². The zero-order chi connectivity index (χ0) is 21.8. The standard InChI is InChI=1S/C23H19Cl2N3O3/c1-14(31-16-5-3-2-4-6-16)23(29)26-22-18-12-17(8-10-21(18)27-28-22)30-13-15-7-9-19(24)20(25)11-15/h2-12,14H,13H2,1H3,(H2,26,27,28,29). The predicted octanol–water partition coefficient (Wildman–Crippen LogP) is 5.85. The van der Waals surface area contributed by atoms with E-state index < -0.39 is 6.10 Å². The summed E-state index contributed by atoms with van der Waals surface area (Å²) in [6.07, 6.45) is -0.691. The minimum Gasteiger partial charge on any atom is -0.489 e. The molecule has 0 bridgehead atoms. The monoisotopic (exact) mass is 455 g/mol. The van der Waals surface area contributed by atoms with Crippen molar-refractivity contribution < 1.29 is 14.3 Å². The van der Waals surface area contributed by atoms with E-state index >= 15 is 0 Å². The van der Waals surface area contributed by atoms with Crippen LogP contribution in [0.4, 0.5) is 5.82 Å². The van der Waals surface area contributed by atoms with Crippen molar-refractivity contribution >= 4 is 45.8 Å². The molecule has 4 aromatic rings. The number of hydrogen-bond donors (Lipinski definition) is 2. The van der Waals surface area contributed by atoms with Gasteiger partial charge in [0.2, 0.25) is 0 Å². The third-order valence-corrected chi connectivity index (χ3v) is 5.33. The number of benzene rings is 3. The van der Waals surface area contributed by atoms with Gasteiger partial charge >= 0.3 is 0 Å². The van der Waals surface area contributed by atoms with Crippen LogP contribution >= 0.6 is 23.2 Å². The largest absolute Gasteiger partial charge is 0.489 e. The van der Waals surface area contributed by atoms with E-state index in [1.165, 1.54) is 0 Å². The molecule has 1 amide bonds. The smallest absolute Gasteiger partial charge is 0.266 e. The first-order chi connectivity index (χ1) is 15.0. The van der Waals surface area contributed by atoms with E-state index in [0.717, 1.165) is 16.5 Å². The summed E-state index contributed by atoms with van der Waals surface area (Å²) in [6.45, 7) is 2.01. The molecule has 3 aromatic carbocycles. The molecule has 4 rings (SSSR count). The Hall–Kier alpha value is -3.22. The molecular formula is C23H19Cl2N3O3. The highest BCUT2D eigenvalue weighted by molar-refractivity contribution is 6.42. The Labute approximate surface area is 189 Å². The van der Waals surface area contributed by atoms with Crippen molar-refractivity contribution in [3.8, 4) is 11.5 Å². The van der Waals surface area contributed by atoms with Crippen LogP contribution in [0, 0.1) is 0 Å². The zero-order valence-corrected chi connectivity index (χ0v) is 18.1. The number of carbonyl (C=O) groups is 1. The number of halogens is 2. The number of rotatable bonds is 7. The van der Waals surface area contributed by atoms with E-state index in [-0.39, 0.29) is 5.91 Å². The SMILES string of the molecule is CC(Oc1ccccc1)C(=O)Nc1n[nH]c2ccc(OCc3ccc(Cl)c(Cl)c3)cc12. The van der Waals surface area contributed by atoms with Gasteiger partial charge in [0.05, 0.1) is 15.6 Å². The number of H-pyrrole nitrogens is 1. The number of anilines is 1. The number of nitrogens with zero attached hydrogens (tertiary/aromatic N) is 1. The minimum atomic E-state index is -0.691. The molecule has 1 unspecified atom stereocenters. The highest BCUT2D eigenvalue weighted by atomic mass is 35.5. The Morgan fingerprint density at radius 3 is 2.61 bits per heavy atom. The lowest BCUT2D eigenvalue weighted by Crippen LogP contribution is -2.30. The van der Waals surface area contributed by atoms with Gasteiger partial charge in [-0.2, -0.15) is 5.10 Å². The van der Waals surface area contributed by atoms with Crippen LogP contribution in [-0.4, -0.2) is 22.2 Å². The summed E-state index contributed by atoms with van der Waals surface area (Å²) in [5.74, 6) is 1.35. The van der Waals surface area contributed by atoms with Crippen molar-refractivity contribution in [1.82, 2.24) is 10.2 Å². The van der Waals surface area contributed by atoms with Crippen LogP contribution in [0.2, 0.25) is 10.0 Å². The Bertz CT molecular complexity index is 1210. The molecular weight excluding hydrogens is 437 g/mol. The molecule has 1 aromatic heterocycles. The Morgan fingerprint density at radius 2 is 1.84 bits per heavy atom. The number of aromatic nitrogens is 2. The van der Waals surface area contributed by atoms with Gasteiger partial charge in [-0.3, -0.25) is 9.89 Å². The molecule has 0 saturated heterocycles. The number of aromatic amines is 1. The number of ether oxygens (including phenoxy) is 2. The van der Waals surface area contributed by atoms with Gasteiger partial charge in [0, 0.05) is 5.39 Å². The number of para-hydroxylation sites is 1. The lowest BCUT2D eigenvalue weighted by Gasteiger charge is -2.14. The molecule has 158 valence electrons. The molecule has 0 spiro atoms. The highest BCUT2D eigenvalue weighted by Gasteiger charge is 2.18. The van der Waals surface area contributed by atoms with E-state index in [0.29, 0.717) is 34.0 Å². The van der Waals surface area contributed by atoms with Gasteiger partial charge in [-0.1, -0.05) is 47.5 Å². The molecule has 0 radical (unpaired) electrons. The average molecular weight is 456 g/mol. The van der Waals surface area contributed by atoms with Crippen molar-refractivity contribution in [2.45, 2.75) is 19.6 Å². The van der Waals surface area contributed by atoms with Crippen LogP contribution < -0.4 is 14.8 Å². The van der Waals surface area contributed by atoms with Crippen molar-refractivity contribution in [3.63, 3.8) is 0 Å². The van der Waals surface area contributed by atoms with Gasteiger partial charge in [-0.05, 0) is 55.0 Å². The van der Waals surface area contributed by atoms with Crippen molar-refractivity contribution in [3.05, 3.63) is 82.3 Å². The molecule has 0 saturated carbocycles. The second kappa shape index (κ2) is 9.29. The van der Waals surface area contributed by atoms with Gasteiger partial charge in [-0.15, -0.1) is 0 Å². The maximum atomic E-state index is 12.6. The summed E-state index contributed by atoms with van der Waals surface area (Å²) in [4.78, 5) is 12.6. The Balaban J connectivity index is 1.45. The van der Waals surface area contributed by atoms with Crippen molar-refractivity contribution in [1.29, 1.82) is 0 Å². The fraction of sp³-hybridized carbons (Fsp3) is 0.130. The Morgan fingerprint density at radius 1 is 1.03 bits per heavy atom. The molecule has 8 heteroatoms. The summed E-state index contributed by atoms with van der Waals surface area (Å²) in [5, 5.41) is 11.6. The molecule has 1 heterocycles. The fourth-order valence-electron chi connectivity index (χ4n) is 2.95. The van der Waals surface area contributed by atoms with E-state index in [1.807, 2.05) is 42.5 Å². The van der Waals surface area contributed by atoms with Gasteiger partial charge in [0.15, 0.2) is 11.9 Å². The number of carbonyl (C=O) groups excluding carboxylic acids is 1. The maximum Gasteiger partial charge on any atom is 0.266 e. The van der Waals surface area contributed by atoms with Crippen LogP contribution in [0.3, 0.4) is 0 Å². The van der Waals surface area contributed by atoms with Gasteiger partial charge in [0.25, 0.3) is 5.91 Å². The summed E-state index contributed by atoms with van der Waals surface area (Å²) in [7, 11) is 0. The first kappa shape index (κ1) is 21.0. The van der Waals surface area contributed by atoms with E-state index in [1.54, 1.807) is 31.2 Å². The molecule has 1 atom stereocenters. The van der Waals surface area contributed by atoms with Gasteiger partial charge in [-0.25, -0.2) is 0 Å². The van der Waals surface area contributed by atoms with Gasteiger partial charge < -0.3 is 14.8 Å². The molecule has 31 heavy (non-hydrogen) atoms. The lowest BCUT2D eigenvalue weighted by molar-refractivity contribution is -0.122. The number of nitrogens with one attached hydrogen (secondary N) is 2. The van der Waals surface area contributed by atoms with Crippen LogP contribution in [0.5, 0.6) is 11.5 Å². The first-order valence-electron chi connectivity index (χ1n) is 9.57. The quantitative estimate of drug-likeness (QED) is 0.366. The number of fused-ring (bicyclic) bond motifs is 1. The minimum absolute atomic E-state index is 0.306. The third-order valence-electron chi connectivity index (χ3n) is 4.59. The highest BCUT2D eigenvalue weighted by Crippen LogP contribution is 2.27. The first-order valence-corrected chi connectivity index (χ1v) is 10.3. The van der Waals surface area contributed by atoms with E-state index in [4.69, 9.17) is 32.7 Å². The van der Waals surface area contributed by atoms with Crippen molar-refractivity contribution in [2.75, 3.05) is 5.32 Å². The predicted molar refractivity (Wildman–Crippen MR) is 122 cm³/mol. The topological polar surface area (TPSA) is 76.2 Å². The zero-order valence-electron chi connectivity index (χ0n) is 16.6. The van der Waals surface area contributed by atoms with Crippen molar-refractivity contribution in [2.24, 2.45) is 0 Å². The summed E-state index contributed by atoms with van der Waals surface area (Å²) in [6, 6.07) is 20.0. The fourth-order valence-corrected chi connectivity index (χ4v) is 3.27. The molecule has 0 aliphatic heterocycles. The number of hydrogen-bond acceptors (Lipinski definition) is 4. The lowest BCUT2D eigenvalue weighted by atomic mass is 10.2. The Kier molecular flexibility index (Phi) is 6.30. The van der Waals surface area contributed by atoms with Crippen LogP contribution in [0.1, 0.15) is 12.5 Å². The normalized spacial score (nSPS) is 11.8. The van der Waals surface area contributed by atoms with Crippen LogP contribution in [0.25, 0.3) is 10.9 Å². The summed E-state index contributed by atoms with van der Waals surface area (Å²) >= 11 is 12.0. The molecule has 0 fully saturated rings. The summed E-state index contributed by atoms with van der Waals surface area (Å²) in [5.41, 5.74) is 1.66. The average Bonchev–Trinajstić information content (AvgIpc) is 3.17. The second-order valence-corrected chi connectivity index (χ2v) is 7.69. The molecule has 0 aliphatic rings. The van der Waals surface area contributed by atoms with Gasteiger partial charge in [0.1, 0.15) is 18.1 Å². The molecule has 2 N–H and O–H groups in total. The molecule has 6 nitrogen and oxygen atoms in total. The van der Waals surface area contributed by atoms with Crippen LogP contribution in [0.15, 0.2) is 66.7 Å². The van der Waals surface area contributed by atoms with Crippen LogP contribution in [-0.2, 0) is 11.4 Å². The second-order valence-electron chi connectivity index (χ2n) is 6.88. The summed E-state index contributed by atoms with van der Waals surface area (Å²) < 4.78 is 11.5. The third kappa shape index (κ3) is 5.10. The molecule has 0 aliphatic carbocycles. The van der Waals surface area contributed by atoms with E-state index in [9.17, 15) is 4.79 Å². The maximum absolute atomic E-state index is 12.6. The number of amides is 1.